The molecule has 10 heteroatoms. The molecular weight excluding hydrogens is 501 g/mol. The highest BCUT2D eigenvalue weighted by molar-refractivity contribution is 5.85. The van der Waals surface area contributed by atoms with Crippen LogP contribution in [0.4, 0.5) is 10.3 Å². The summed E-state index contributed by atoms with van der Waals surface area (Å²) in [6.07, 6.45) is 1.03. The van der Waals surface area contributed by atoms with Crippen molar-refractivity contribution in [3.05, 3.63) is 51.7 Å². The molecule has 2 aliphatic rings. The van der Waals surface area contributed by atoms with Gasteiger partial charge in [-0.2, -0.15) is 0 Å². The molecule has 0 amide bonds. The van der Waals surface area contributed by atoms with Crippen molar-refractivity contribution in [2.24, 2.45) is 0 Å². The van der Waals surface area contributed by atoms with Gasteiger partial charge in [0.15, 0.2) is 11.2 Å². The zero-order valence-corrected chi connectivity index (χ0v) is 23.3. The highest BCUT2D eigenvalue weighted by atomic mass is 19.1. The number of aromatic nitrogens is 3. The van der Waals surface area contributed by atoms with Crippen LogP contribution in [0.3, 0.4) is 0 Å². The molecule has 2 fully saturated rings. The number of anilines is 1. The summed E-state index contributed by atoms with van der Waals surface area (Å²) in [6.45, 7) is 13.0. The van der Waals surface area contributed by atoms with Gasteiger partial charge in [-0.05, 0) is 53.2 Å². The number of hydrogen-bond donors (Lipinski definition) is 2. The molecule has 5 rings (SSSR count). The minimum atomic E-state index is -0.699. The summed E-state index contributed by atoms with van der Waals surface area (Å²) in [5.41, 5.74) is 3.10. The molecule has 0 saturated carbocycles. The second-order valence-corrected chi connectivity index (χ2v) is 11.1. The van der Waals surface area contributed by atoms with Crippen molar-refractivity contribution in [3.63, 3.8) is 0 Å². The Balaban J connectivity index is 1.59. The lowest BCUT2D eigenvalue weighted by atomic mass is 10.0. The standard InChI is InChI=1S/C29H38FN5O4/c1-16(2)35-24-10-20(27-22(30)11-31-29(33-27)32-23-8-9-38-15-26(23)36)6-7-21(24)28(37)19(5)25(35)12-34-17(3)13-39-14-18(34)4/h6-7,10-11,16-18,23,26,36H,8-9,12-15H2,1-5H3,(H,31,32,33)/t17-,18+,23-,26-/m1/s1. The van der Waals surface area contributed by atoms with Gasteiger partial charge >= 0.3 is 0 Å². The van der Waals surface area contributed by atoms with E-state index < -0.39 is 11.9 Å². The number of pyridine rings is 1. The van der Waals surface area contributed by atoms with Crippen LogP contribution in [0.2, 0.25) is 0 Å². The van der Waals surface area contributed by atoms with Crippen LogP contribution in [0.15, 0.2) is 29.2 Å². The van der Waals surface area contributed by atoms with Crippen LogP contribution >= 0.6 is 0 Å². The van der Waals surface area contributed by atoms with Crippen molar-refractivity contribution in [1.29, 1.82) is 0 Å². The molecule has 39 heavy (non-hydrogen) atoms. The Labute approximate surface area is 228 Å². The van der Waals surface area contributed by atoms with Crippen LogP contribution < -0.4 is 10.7 Å². The number of ether oxygens (including phenoxy) is 2. The predicted octanol–water partition coefficient (Wildman–Crippen LogP) is 3.66. The average Bonchev–Trinajstić information content (AvgIpc) is 2.91. The number of benzene rings is 1. The number of fused-ring (bicyclic) bond motifs is 1. The second kappa shape index (κ2) is 11.3. The Morgan fingerprint density at radius 3 is 2.62 bits per heavy atom. The van der Waals surface area contributed by atoms with E-state index in [0.29, 0.717) is 43.7 Å². The fourth-order valence-electron chi connectivity index (χ4n) is 5.73. The molecular formula is C29H38FN5O4. The summed E-state index contributed by atoms with van der Waals surface area (Å²) in [5.74, 6) is -0.326. The third-order valence-corrected chi connectivity index (χ3v) is 7.92. The molecule has 2 saturated heterocycles. The van der Waals surface area contributed by atoms with Gasteiger partial charge in [-0.3, -0.25) is 9.69 Å². The van der Waals surface area contributed by atoms with Crippen LogP contribution in [0, 0.1) is 12.7 Å². The Morgan fingerprint density at radius 1 is 1.18 bits per heavy atom. The van der Waals surface area contributed by atoms with Crippen LogP contribution in [0.5, 0.6) is 0 Å². The molecule has 4 heterocycles. The summed E-state index contributed by atoms with van der Waals surface area (Å²) < 4.78 is 28.3. The van der Waals surface area contributed by atoms with Gasteiger partial charge in [0.05, 0.1) is 43.7 Å². The Kier molecular flexibility index (Phi) is 8.00. The highest BCUT2D eigenvalue weighted by Crippen LogP contribution is 2.30. The van der Waals surface area contributed by atoms with Crippen molar-refractivity contribution >= 4 is 16.9 Å². The first kappa shape index (κ1) is 27.6. The van der Waals surface area contributed by atoms with Gasteiger partial charge in [-0.1, -0.05) is 6.07 Å². The molecule has 2 aromatic heterocycles. The number of hydrogen-bond acceptors (Lipinski definition) is 8. The van der Waals surface area contributed by atoms with Gasteiger partial charge in [0.1, 0.15) is 5.69 Å². The smallest absolute Gasteiger partial charge is 0.223 e. The average molecular weight is 540 g/mol. The van der Waals surface area contributed by atoms with Crippen molar-refractivity contribution in [3.8, 4) is 11.3 Å². The largest absolute Gasteiger partial charge is 0.389 e. The maximum Gasteiger partial charge on any atom is 0.223 e. The number of nitrogens with one attached hydrogen (secondary N) is 1. The van der Waals surface area contributed by atoms with Gasteiger partial charge in [0, 0.05) is 53.5 Å². The van der Waals surface area contributed by atoms with E-state index in [2.05, 4.69) is 52.4 Å². The van der Waals surface area contributed by atoms with E-state index in [1.165, 1.54) is 0 Å². The molecule has 2 N–H and O–H groups in total. The minimum absolute atomic E-state index is 0.0176. The molecule has 2 aliphatic heterocycles. The second-order valence-electron chi connectivity index (χ2n) is 11.1. The molecule has 0 aliphatic carbocycles. The van der Waals surface area contributed by atoms with E-state index in [0.717, 1.165) is 23.0 Å². The molecule has 0 radical (unpaired) electrons. The zero-order valence-electron chi connectivity index (χ0n) is 23.3. The molecule has 0 unspecified atom stereocenters. The number of halogens is 1. The quantitative estimate of drug-likeness (QED) is 0.490. The van der Waals surface area contributed by atoms with Crippen molar-refractivity contribution in [1.82, 2.24) is 19.4 Å². The molecule has 1 aromatic carbocycles. The summed E-state index contributed by atoms with van der Waals surface area (Å²) in [7, 11) is 0. The lowest BCUT2D eigenvalue weighted by molar-refractivity contribution is -0.0420. The van der Waals surface area contributed by atoms with E-state index in [1.54, 1.807) is 12.1 Å². The fraction of sp³-hybridized carbons (Fsp3) is 0.552. The first-order chi connectivity index (χ1) is 18.7. The van der Waals surface area contributed by atoms with E-state index in [-0.39, 0.29) is 47.8 Å². The zero-order chi connectivity index (χ0) is 27.8. The van der Waals surface area contributed by atoms with Gasteiger partial charge in [0.2, 0.25) is 5.95 Å². The fourth-order valence-corrected chi connectivity index (χ4v) is 5.73. The van der Waals surface area contributed by atoms with E-state index in [9.17, 15) is 9.90 Å². The normalized spacial score (nSPS) is 24.4. The van der Waals surface area contributed by atoms with Crippen molar-refractivity contribution in [2.75, 3.05) is 31.7 Å². The number of rotatable bonds is 6. The maximum absolute atomic E-state index is 15.1. The lowest BCUT2D eigenvalue weighted by Gasteiger charge is -2.39. The Hall–Kier alpha value is -2.92. The van der Waals surface area contributed by atoms with Crippen LogP contribution in [-0.4, -0.2) is 75.2 Å². The summed E-state index contributed by atoms with van der Waals surface area (Å²) in [6, 6.07) is 5.57. The number of morpholine rings is 1. The third-order valence-electron chi connectivity index (χ3n) is 7.92. The number of aliphatic hydroxyl groups excluding tert-OH is 1. The summed E-state index contributed by atoms with van der Waals surface area (Å²) in [5, 5.41) is 14.0. The highest BCUT2D eigenvalue weighted by Gasteiger charge is 2.29. The first-order valence-electron chi connectivity index (χ1n) is 13.7. The molecule has 4 atom stereocenters. The van der Waals surface area contributed by atoms with Crippen LogP contribution in [0.25, 0.3) is 22.2 Å². The van der Waals surface area contributed by atoms with Gasteiger partial charge in [-0.25, -0.2) is 14.4 Å². The summed E-state index contributed by atoms with van der Waals surface area (Å²) in [4.78, 5) is 24.5. The van der Waals surface area contributed by atoms with Crippen LogP contribution in [-0.2, 0) is 16.0 Å². The number of aliphatic hydroxyl groups is 1. The minimum Gasteiger partial charge on any atom is -0.389 e. The van der Waals surface area contributed by atoms with Gasteiger partial charge in [0.25, 0.3) is 0 Å². The molecule has 0 spiro atoms. The maximum atomic E-state index is 15.1. The lowest BCUT2D eigenvalue weighted by Crippen LogP contribution is -2.49. The SMILES string of the molecule is Cc1c(CN2[C@H](C)COC[C@@H]2C)n(C(C)C)c2cc(-c3nc(N[C@@H]4CCOC[C@H]4O)ncc3F)ccc2c1=O. The van der Waals surface area contributed by atoms with Gasteiger partial charge in [-0.15, -0.1) is 0 Å². The van der Waals surface area contributed by atoms with Gasteiger partial charge < -0.3 is 24.5 Å². The Morgan fingerprint density at radius 2 is 1.92 bits per heavy atom. The Bertz CT molecular complexity index is 1400. The van der Waals surface area contributed by atoms with E-state index >= 15 is 4.39 Å². The van der Waals surface area contributed by atoms with Crippen molar-refractivity contribution < 1.29 is 19.0 Å². The molecule has 3 aromatic rings. The topological polar surface area (TPSA) is 102 Å². The third kappa shape index (κ3) is 5.43. The van der Waals surface area contributed by atoms with Crippen molar-refractivity contribution in [2.45, 2.75) is 77.9 Å². The van der Waals surface area contributed by atoms with E-state index in [1.807, 2.05) is 13.0 Å². The first-order valence-corrected chi connectivity index (χ1v) is 13.7. The van der Waals surface area contributed by atoms with Crippen LogP contribution in [0.1, 0.15) is 51.4 Å². The monoisotopic (exact) mass is 539 g/mol. The van der Waals surface area contributed by atoms with E-state index in [4.69, 9.17) is 9.47 Å². The molecule has 210 valence electrons. The molecule has 9 nitrogen and oxygen atoms in total. The summed E-state index contributed by atoms with van der Waals surface area (Å²) >= 11 is 0. The number of nitrogens with zero attached hydrogens (tertiary/aromatic N) is 4. The molecule has 0 bridgehead atoms. The predicted molar refractivity (Wildman–Crippen MR) is 148 cm³/mol.